The molecule has 6 nitrogen and oxygen atoms in total. The Morgan fingerprint density at radius 2 is 1.46 bits per heavy atom. The van der Waals surface area contributed by atoms with E-state index < -0.39 is 29.4 Å². The van der Waals surface area contributed by atoms with E-state index in [-0.39, 0.29) is 11.1 Å². The molecular weight excluding hydrogens is 360 g/mol. The molecule has 2 aliphatic rings. The molecule has 0 amide bonds. The van der Waals surface area contributed by atoms with E-state index in [1.165, 1.54) is 21.1 Å². The molecule has 0 heterocycles. The summed E-state index contributed by atoms with van der Waals surface area (Å²) in [5, 5.41) is 0. The molecule has 6 heteroatoms. The highest BCUT2D eigenvalue weighted by atomic mass is 16.6. The third-order valence-corrected chi connectivity index (χ3v) is 5.32. The van der Waals surface area contributed by atoms with Crippen LogP contribution in [0.1, 0.15) is 24.0 Å². The second kappa shape index (κ2) is 6.34. The summed E-state index contributed by atoms with van der Waals surface area (Å²) in [4.78, 5) is 37.4. The van der Waals surface area contributed by atoms with Gasteiger partial charge in [0.05, 0.1) is 31.3 Å². The van der Waals surface area contributed by atoms with E-state index in [1.54, 1.807) is 12.1 Å². The van der Waals surface area contributed by atoms with Crippen LogP contribution in [0.15, 0.2) is 59.7 Å². The van der Waals surface area contributed by atoms with Crippen molar-refractivity contribution in [1.82, 2.24) is 0 Å². The van der Waals surface area contributed by atoms with Crippen LogP contribution < -0.4 is 0 Å². The topological polar surface area (TPSA) is 78.9 Å². The van der Waals surface area contributed by atoms with E-state index in [1.807, 2.05) is 36.4 Å². The molecule has 2 aliphatic carbocycles. The van der Waals surface area contributed by atoms with Gasteiger partial charge in [0.15, 0.2) is 5.60 Å². The lowest BCUT2D eigenvalue weighted by atomic mass is 9.54. The Morgan fingerprint density at radius 3 is 2.11 bits per heavy atom. The first-order valence-corrected chi connectivity index (χ1v) is 8.77. The van der Waals surface area contributed by atoms with Gasteiger partial charge in [-0.05, 0) is 16.7 Å². The van der Waals surface area contributed by atoms with Gasteiger partial charge in [0.25, 0.3) is 0 Å². The predicted octanol–water partition coefficient (Wildman–Crippen LogP) is 2.87. The smallest absolute Gasteiger partial charge is 0.338 e. The van der Waals surface area contributed by atoms with Crippen molar-refractivity contribution in [2.75, 3.05) is 14.2 Å². The minimum absolute atomic E-state index is 0.00371. The Morgan fingerprint density at radius 1 is 0.857 bits per heavy atom. The van der Waals surface area contributed by atoms with Crippen molar-refractivity contribution < 1.29 is 28.6 Å². The number of hydrogen-bond acceptors (Lipinski definition) is 6. The molecule has 2 aromatic carbocycles. The lowest BCUT2D eigenvalue weighted by Gasteiger charge is -2.52. The Kier molecular flexibility index (Phi) is 4.07. The fourth-order valence-electron chi connectivity index (χ4n) is 4.40. The third-order valence-electron chi connectivity index (χ3n) is 5.32. The van der Waals surface area contributed by atoms with Gasteiger partial charge in [-0.1, -0.05) is 48.5 Å². The molecule has 0 radical (unpaired) electrons. The number of carbonyl (C=O) groups is 3. The highest BCUT2D eigenvalue weighted by Gasteiger charge is 2.66. The van der Waals surface area contributed by atoms with Crippen molar-refractivity contribution >= 4 is 17.9 Å². The van der Waals surface area contributed by atoms with Crippen molar-refractivity contribution in [3.05, 3.63) is 70.8 Å². The Hall–Kier alpha value is -3.41. The van der Waals surface area contributed by atoms with Gasteiger partial charge in [0.2, 0.25) is 0 Å². The van der Waals surface area contributed by atoms with Gasteiger partial charge in [-0.25, -0.2) is 9.59 Å². The van der Waals surface area contributed by atoms with E-state index in [0.717, 1.165) is 16.7 Å². The quantitative estimate of drug-likeness (QED) is 0.604. The van der Waals surface area contributed by atoms with Crippen LogP contribution >= 0.6 is 0 Å². The van der Waals surface area contributed by atoms with Gasteiger partial charge in [0.1, 0.15) is 0 Å². The zero-order valence-electron chi connectivity index (χ0n) is 15.6. The summed E-state index contributed by atoms with van der Waals surface area (Å²) < 4.78 is 15.7. The summed E-state index contributed by atoms with van der Waals surface area (Å²) in [7, 11) is 2.47. The van der Waals surface area contributed by atoms with Gasteiger partial charge < -0.3 is 14.2 Å². The van der Waals surface area contributed by atoms with E-state index in [9.17, 15) is 14.4 Å². The molecule has 0 saturated carbocycles. The molecule has 0 saturated heterocycles. The van der Waals surface area contributed by atoms with Gasteiger partial charge in [-0.3, -0.25) is 4.79 Å². The van der Waals surface area contributed by atoms with Crippen LogP contribution in [0.25, 0.3) is 11.1 Å². The summed E-state index contributed by atoms with van der Waals surface area (Å²) in [5.41, 5.74) is 1.89. The number of benzene rings is 2. The second-order valence-electron chi connectivity index (χ2n) is 6.67. The number of hydrogen-bond donors (Lipinski definition) is 0. The molecule has 0 bridgehead atoms. The minimum atomic E-state index is -1.44. The number of fused-ring (bicyclic) bond motifs is 6. The number of esters is 3. The molecule has 0 N–H and O–H groups in total. The average molecular weight is 378 g/mol. The van der Waals surface area contributed by atoms with Gasteiger partial charge in [0, 0.05) is 12.5 Å². The Balaban J connectivity index is 2.13. The first kappa shape index (κ1) is 18.0. The first-order chi connectivity index (χ1) is 13.5. The highest BCUT2D eigenvalue weighted by molar-refractivity contribution is 6.09. The van der Waals surface area contributed by atoms with Gasteiger partial charge >= 0.3 is 17.9 Å². The molecular formula is C22H18O6. The maximum Gasteiger partial charge on any atom is 0.338 e. The molecule has 2 atom stereocenters. The van der Waals surface area contributed by atoms with Crippen molar-refractivity contribution in [2.24, 2.45) is 0 Å². The Bertz CT molecular complexity index is 1050. The largest absolute Gasteiger partial charge is 0.466 e. The summed E-state index contributed by atoms with van der Waals surface area (Å²) in [6.45, 7) is 1.28. The molecule has 0 aliphatic heterocycles. The number of methoxy groups -OCH3 is 2. The zero-order chi connectivity index (χ0) is 20.1. The fourth-order valence-corrected chi connectivity index (χ4v) is 4.40. The lowest BCUT2D eigenvalue weighted by Crippen LogP contribution is -2.55. The van der Waals surface area contributed by atoms with E-state index in [2.05, 4.69) is 0 Å². The van der Waals surface area contributed by atoms with Crippen LogP contribution in [-0.4, -0.2) is 32.1 Å². The van der Waals surface area contributed by atoms with Crippen LogP contribution in [0, 0.1) is 0 Å². The van der Waals surface area contributed by atoms with E-state index >= 15 is 0 Å². The zero-order valence-corrected chi connectivity index (χ0v) is 15.6. The maximum atomic E-state index is 12.7. The second-order valence-corrected chi connectivity index (χ2v) is 6.67. The Labute approximate surface area is 161 Å². The summed E-state index contributed by atoms with van der Waals surface area (Å²) >= 11 is 0. The standard InChI is InChI=1S/C22H18O6/c1-12(23)28-22-16-11-7-6-9-14(16)13-8-4-5-10-15(13)18(22)17(20(24)26-2)19(22)21(25)27-3/h4-11,18H,1-3H3/t18-,22-/m0/s1. The predicted molar refractivity (Wildman–Crippen MR) is 99.1 cm³/mol. The SMILES string of the molecule is COC(=O)C1=C(C(=O)OC)[C@]2(OC(C)=O)c3ccccc3-c3ccccc3[C@@H]12. The van der Waals surface area contributed by atoms with Crippen molar-refractivity contribution in [3.63, 3.8) is 0 Å². The molecule has 28 heavy (non-hydrogen) atoms. The van der Waals surface area contributed by atoms with Crippen molar-refractivity contribution in [2.45, 2.75) is 18.4 Å². The first-order valence-electron chi connectivity index (χ1n) is 8.77. The van der Waals surface area contributed by atoms with E-state index in [4.69, 9.17) is 14.2 Å². The molecule has 0 spiro atoms. The molecule has 0 fully saturated rings. The van der Waals surface area contributed by atoms with Crippen molar-refractivity contribution in [1.29, 1.82) is 0 Å². The summed E-state index contributed by atoms with van der Waals surface area (Å²) in [6.07, 6.45) is 0. The van der Waals surface area contributed by atoms with Gasteiger partial charge in [-0.15, -0.1) is 0 Å². The molecule has 4 rings (SSSR count). The minimum Gasteiger partial charge on any atom is -0.466 e. The van der Waals surface area contributed by atoms with Crippen LogP contribution in [0.3, 0.4) is 0 Å². The van der Waals surface area contributed by atoms with Crippen molar-refractivity contribution in [3.8, 4) is 11.1 Å². The average Bonchev–Trinajstić information content (AvgIpc) is 2.69. The highest BCUT2D eigenvalue weighted by Crippen LogP contribution is 2.65. The summed E-state index contributed by atoms with van der Waals surface area (Å²) in [6, 6.07) is 14.9. The van der Waals surface area contributed by atoms with Gasteiger partial charge in [-0.2, -0.15) is 0 Å². The molecule has 2 aromatic rings. The summed E-state index contributed by atoms with van der Waals surface area (Å²) in [5.74, 6) is -2.61. The van der Waals surface area contributed by atoms with Crippen LogP contribution in [0.5, 0.6) is 0 Å². The number of ether oxygens (including phenoxy) is 3. The fraction of sp³-hybridized carbons (Fsp3) is 0.227. The number of carbonyl (C=O) groups excluding carboxylic acids is 3. The van der Waals surface area contributed by atoms with Crippen LogP contribution in [0.2, 0.25) is 0 Å². The third kappa shape index (κ3) is 2.17. The monoisotopic (exact) mass is 378 g/mol. The number of rotatable bonds is 3. The normalized spacial score (nSPS) is 21.5. The van der Waals surface area contributed by atoms with Crippen LogP contribution in [0.4, 0.5) is 0 Å². The molecule has 0 unspecified atom stereocenters. The molecule has 0 aromatic heterocycles. The molecule has 142 valence electrons. The van der Waals surface area contributed by atoms with E-state index in [0.29, 0.717) is 5.56 Å². The lowest BCUT2D eigenvalue weighted by molar-refractivity contribution is -0.165. The van der Waals surface area contributed by atoms with Crippen LogP contribution in [-0.2, 0) is 34.2 Å². The maximum absolute atomic E-state index is 12.7.